The van der Waals surface area contributed by atoms with Gasteiger partial charge >= 0.3 is 0 Å². The van der Waals surface area contributed by atoms with E-state index in [1.165, 1.54) is 0 Å². The average Bonchev–Trinajstić information content (AvgIpc) is 3.52. The zero-order chi connectivity index (χ0) is 22.6. The predicted molar refractivity (Wildman–Crippen MR) is 127 cm³/mol. The van der Waals surface area contributed by atoms with Crippen molar-refractivity contribution in [1.29, 1.82) is 0 Å². The first-order valence-corrected chi connectivity index (χ1v) is 11.5. The minimum Gasteiger partial charge on any atom is -0.330 e. The third kappa shape index (κ3) is 4.81. The second-order valence-corrected chi connectivity index (χ2v) is 8.70. The molecule has 1 saturated heterocycles. The number of carbonyl (C=O) groups excluding carboxylic acids is 1. The van der Waals surface area contributed by atoms with Crippen molar-refractivity contribution in [3.8, 4) is 0 Å². The Morgan fingerprint density at radius 3 is 2.85 bits per heavy atom. The molecule has 2 aromatic heterocycles. The standard InChI is InChI=1S/C26H24ClN5O/c27-21-8-3-6-19(14-21)15-22-16-28-17-24(30-22)25-10-4-13-32(25)26(33)23-9-2-1-7-20(23)18-31-12-5-11-29-31/h1-3,5-9,11-12,14,16-17,25H,4,10,13,15,18H2/t25-/m1/s1. The Morgan fingerprint density at radius 1 is 1.09 bits per heavy atom. The lowest BCUT2D eigenvalue weighted by atomic mass is 10.0. The average molecular weight is 458 g/mol. The number of hydrogen-bond donors (Lipinski definition) is 0. The maximum absolute atomic E-state index is 13.6. The number of hydrogen-bond acceptors (Lipinski definition) is 4. The quantitative estimate of drug-likeness (QED) is 0.411. The minimum absolute atomic E-state index is 0.0299. The summed E-state index contributed by atoms with van der Waals surface area (Å²) in [6.07, 6.45) is 9.68. The van der Waals surface area contributed by atoms with E-state index in [2.05, 4.69) is 10.1 Å². The lowest BCUT2D eigenvalue weighted by Gasteiger charge is -2.25. The molecule has 0 aliphatic carbocycles. The van der Waals surface area contributed by atoms with Crippen LogP contribution in [0.25, 0.3) is 0 Å². The molecule has 5 rings (SSSR count). The molecule has 1 fully saturated rings. The summed E-state index contributed by atoms with van der Waals surface area (Å²) < 4.78 is 1.83. The summed E-state index contributed by atoms with van der Waals surface area (Å²) in [6.45, 7) is 1.27. The highest BCUT2D eigenvalue weighted by molar-refractivity contribution is 6.30. The number of benzene rings is 2. The van der Waals surface area contributed by atoms with Gasteiger partial charge in [0.25, 0.3) is 5.91 Å². The highest BCUT2D eigenvalue weighted by Gasteiger charge is 2.32. The summed E-state index contributed by atoms with van der Waals surface area (Å²) in [7, 11) is 0. The van der Waals surface area contributed by atoms with E-state index < -0.39 is 0 Å². The Morgan fingerprint density at radius 2 is 2.00 bits per heavy atom. The molecule has 6 nitrogen and oxygen atoms in total. The lowest BCUT2D eigenvalue weighted by Crippen LogP contribution is -2.32. The third-order valence-corrected chi connectivity index (χ3v) is 6.21. The van der Waals surface area contributed by atoms with Crippen LogP contribution in [0.15, 0.2) is 79.4 Å². The van der Waals surface area contributed by atoms with E-state index in [4.69, 9.17) is 16.6 Å². The Bertz CT molecular complexity index is 1260. The molecule has 166 valence electrons. The first-order valence-electron chi connectivity index (χ1n) is 11.1. The van der Waals surface area contributed by atoms with Crippen LogP contribution in [0.1, 0.15) is 51.8 Å². The molecule has 2 aromatic carbocycles. The summed E-state index contributed by atoms with van der Waals surface area (Å²) in [6, 6.07) is 17.3. The fourth-order valence-electron chi connectivity index (χ4n) is 4.43. The zero-order valence-electron chi connectivity index (χ0n) is 18.1. The summed E-state index contributed by atoms with van der Waals surface area (Å²) in [5.41, 5.74) is 4.46. The van der Waals surface area contributed by atoms with Gasteiger partial charge in [-0.1, -0.05) is 41.9 Å². The van der Waals surface area contributed by atoms with Crippen molar-refractivity contribution < 1.29 is 4.79 Å². The van der Waals surface area contributed by atoms with Crippen LogP contribution in [0.2, 0.25) is 5.02 Å². The van der Waals surface area contributed by atoms with Gasteiger partial charge in [0.2, 0.25) is 0 Å². The number of aromatic nitrogens is 4. The van der Waals surface area contributed by atoms with Gasteiger partial charge in [-0.05, 0) is 48.2 Å². The smallest absolute Gasteiger partial charge is 0.254 e. The number of amides is 1. The summed E-state index contributed by atoms with van der Waals surface area (Å²) >= 11 is 6.13. The van der Waals surface area contributed by atoms with E-state index in [1.54, 1.807) is 18.6 Å². The fraction of sp³-hybridized carbons (Fsp3) is 0.231. The number of carbonyl (C=O) groups is 1. The van der Waals surface area contributed by atoms with Crippen molar-refractivity contribution in [1.82, 2.24) is 24.6 Å². The second-order valence-electron chi connectivity index (χ2n) is 8.26. The first kappa shape index (κ1) is 21.3. The van der Waals surface area contributed by atoms with Gasteiger partial charge in [-0.25, -0.2) is 0 Å². The van der Waals surface area contributed by atoms with Gasteiger partial charge in [0.05, 0.1) is 30.2 Å². The highest BCUT2D eigenvalue weighted by Crippen LogP contribution is 2.32. The molecule has 0 saturated carbocycles. The molecular formula is C26H24ClN5O. The highest BCUT2D eigenvalue weighted by atomic mass is 35.5. The van der Waals surface area contributed by atoms with Crippen LogP contribution in [-0.2, 0) is 13.0 Å². The van der Waals surface area contributed by atoms with Crippen molar-refractivity contribution in [2.45, 2.75) is 31.8 Å². The summed E-state index contributed by atoms with van der Waals surface area (Å²) in [5, 5.41) is 4.99. The van der Waals surface area contributed by atoms with Crippen molar-refractivity contribution in [3.63, 3.8) is 0 Å². The lowest BCUT2D eigenvalue weighted by molar-refractivity contribution is 0.0731. The molecule has 1 aliphatic heterocycles. The van der Waals surface area contributed by atoms with Crippen LogP contribution < -0.4 is 0 Å². The van der Waals surface area contributed by atoms with E-state index in [9.17, 15) is 4.79 Å². The van der Waals surface area contributed by atoms with Crippen molar-refractivity contribution in [2.24, 2.45) is 0 Å². The molecule has 1 atom stereocenters. The predicted octanol–water partition coefficient (Wildman–Crippen LogP) is 4.94. The van der Waals surface area contributed by atoms with E-state index in [0.29, 0.717) is 30.1 Å². The Labute approximate surface area is 197 Å². The van der Waals surface area contributed by atoms with Crippen molar-refractivity contribution in [3.05, 3.63) is 112 Å². The van der Waals surface area contributed by atoms with Gasteiger partial charge in [-0.15, -0.1) is 0 Å². The maximum Gasteiger partial charge on any atom is 0.254 e. The molecule has 0 bridgehead atoms. The summed E-state index contributed by atoms with van der Waals surface area (Å²) in [4.78, 5) is 24.9. The van der Waals surface area contributed by atoms with Gasteiger partial charge in [0.15, 0.2) is 0 Å². The number of rotatable bonds is 6. The van der Waals surface area contributed by atoms with Crippen LogP contribution in [0.5, 0.6) is 0 Å². The molecule has 0 N–H and O–H groups in total. The maximum atomic E-state index is 13.6. The largest absolute Gasteiger partial charge is 0.330 e. The molecule has 0 spiro atoms. The van der Waals surface area contributed by atoms with Crippen LogP contribution in [-0.4, -0.2) is 37.1 Å². The van der Waals surface area contributed by atoms with Crippen LogP contribution >= 0.6 is 11.6 Å². The van der Waals surface area contributed by atoms with Gasteiger partial charge in [0, 0.05) is 42.1 Å². The molecule has 1 amide bonds. The van der Waals surface area contributed by atoms with E-state index in [1.807, 2.05) is 70.4 Å². The molecule has 1 aliphatic rings. The molecule has 33 heavy (non-hydrogen) atoms. The van der Waals surface area contributed by atoms with E-state index in [-0.39, 0.29) is 11.9 Å². The number of nitrogens with zero attached hydrogens (tertiary/aromatic N) is 5. The van der Waals surface area contributed by atoms with Gasteiger partial charge in [-0.2, -0.15) is 5.10 Å². The van der Waals surface area contributed by atoms with Crippen LogP contribution in [0, 0.1) is 0 Å². The topological polar surface area (TPSA) is 63.9 Å². The molecule has 4 aromatic rings. The molecule has 3 heterocycles. The normalized spacial score (nSPS) is 15.7. The number of halogens is 1. The molecule has 0 radical (unpaired) electrons. The fourth-order valence-corrected chi connectivity index (χ4v) is 4.65. The van der Waals surface area contributed by atoms with E-state index >= 15 is 0 Å². The molecular weight excluding hydrogens is 434 g/mol. The summed E-state index contributed by atoms with van der Waals surface area (Å²) in [5.74, 6) is 0.0299. The van der Waals surface area contributed by atoms with Gasteiger partial charge < -0.3 is 4.90 Å². The Balaban J connectivity index is 1.38. The van der Waals surface area contributed by atoms with Crippen LogP contribution in [0.4, 0.5) is 0 Å². The van der Waals surface area contributed by atoms with E-state index in [0.717, 1.165) is 35.4 Å². The second kappa shape index (κ2) is 9.55. The number of likely N-dealkylation sites (tertiary alicyclic amines) is 1. The molecule has 7 heteroatoms. The van der Waals surface area contributed by atoms with Gasteiger partial charge in [-0.3, -0.25) is 19.4 Å². The Hall–Kier alpha value is -3.51. The minimum atomic E-state index is -0.0814. The van der Waals surface area contributed by atoms with Crippen LogP contribution in [0.3, 0.4) is 0 Å². The third-order valence-electron chi connectivity index (χ3n) is 5.97. The van der Waals surface area contributed by atoms with Crippen molar-refractivity contribution >= 4 is 17.5 Å². The van der Waals surface area contributed by atoms with Gasteiger partial charge in [0.1, 0.15) is 0 Å². The van der Waals surface area contributed by atoms with Crippen molar-refractivity contribution in [2.75, 3.05) is 6.54 Å². The first-order chi connectivity index (χ1) is 16.2. The molecule has 0 unspecified atom stereocenters. The Kier molecular flexibility index (Phi) is 6.17. The SMILES string of the molecule is O=C(c1ccccc1Cn1cccn1)N1CCC[C@@H]1c1cncc(Cc2cccc(Cl)c2)n1. The zero-order valence-corrected chi connectivity index (χ0v) is 18.9. The monoisotopic (exact) mass is 457 g/mol.